The van der Waals surface area contributed by atoms with Gasteiger partial charge in [0.1, 0.15) is 5.75 Å². The molecule has 0 radical (unpaired) electrons. The fourth-order valence-electron chi connectivity index (χ4n) is 3.29. The van der Waals surface area contributed by atoms with E-state index in [1.54, 1.807) is 6.20 Å². The highest BCUT2D eigenvalue weighted by Gasteiger charge is 2.14. The molecular weight excluding hydrogens is 372 g/mol. The van der Waals surface area contributed by atoms with Crippen LogP contribution in [0.5, 0.6) is 5.75 Å². The molecule has 4 aromatic rings. The van der Waals surface area contributed by atoms with Crippen LogP contribution in [0.3, 0.4) is 0 Å². The summed E-state index contributed by atoms with van der Waals surface area (Å²) in [5.74, 6) is 0.0897. The molecule has 0 spiro atoms. The molecule has 2 aromatic heterocycles. The lowest BCUT2D eigenvalue weighted by molar-refractivity contribution is -0.384. The minimum Gasteiger partial charge on any atom is -0.495 e. The number of aromatic amines is 1. The van der Waals surface area contributed by atoms with Gasteiger partial charge in [-0.05, 0) is 24.6 Å². The fraction of sp³-hybridized carbons (Fsp3) is 0.143. The molecule has 8 heteroatoms. The topological polar surface area (TPSA) is 110 Å². The van der Waals surface area contributed by atoms with Crippen molar-refractivity contribution in [2.45, 2.75) is 12.8 Å². The Kier molecular flexibility index (Phi) is 4.82. The average Bonchev–Trinajstić information content (AvgIpc) is 3.10. The smallest absolute Gasteiger partial charge is 0.271 e. The number of nitrogens with zero attached hydrogens (tertiary/aromatic N) is 2. The number of carbonyl (C=O) groups excluding carboxylic acids is 1. The second kappa shape index (κ2) is 7.59. The van der Waals surface area contributed by atoms with E-state index in [0.29, 0.717) is 12.2 Å². The number of non-ortho nitro benzene ring substituents is 1. The molecule has 0 fully saturated rings. The van der Waals surface area contributed by atoms with Crippen molar-refractivity contribution in [1.29, 1.82) is 0 Å². The van der Waals surface area contributed by atoms with Gasteiger partial charge in [0.2, 0.25) is 5.91 Å². The predicted molar refractivity (Wildman–Crippen MR) is 110 cm³/mol. The molecule has 1 amide bonds. The van der Waals surface area contributed by atoms with Gasteiger partial charge in [0, 0.05) is 40.5 Å². The number of pyridine rings is 1. The average molecular weight is 390 g/mol. The molecule has 0 aliphatic heterocycles. The van der Waals surface area contributed by atoms with Crippen LogP contribution in [-0.4, -0.2) is 27.9 Å². The van der Waals surface area contributed by atoms with E-state index in [9.17, 15) is 14.9 Å². The molecular formula is C21H18N4O4. The van der Waals surface area contributed by atoms with E-state index in [1.807, 2.05) is 30.3 Å². The number of carbonyl (C=O) groups is 1. The lowest BCUT2D eigenvalue weighted by atomic mass is 10.1. The Hall–Kier alpha value is -3.94. The summed E-state index contributed by atoms with van der Waals surface area (Å²) in [7, 11) is 1.44. The van der Waals surface area contributed by atoms with Gasteiger partial charge in [0.25, 0.3) is 5.69 Å². The van der Waals surface area contributed by atoms with Crippen LogP contribution in [0.15, 0.2) is 54.7 Å². The van der Waals surface area contributed by atoms with E-state index in [1.165, 1.54) is 25.3 Å². The number of anilines is 1. The monoisotopic (exact) mass is 390 g/mol. The summed E-state index contributed by atoms with van der Waals surface area (Å²) >= 11 is 0. The third-order valence-electron chi connectivity index (χ3n) is 4.72. The number of nitro groups is 1. The predicted octanol–water partition coefficient (Wildman–Crippen LogP) is 4.20. The van der Waals surface area contributed by atoms with Crippen LogP contribution in [0.2, 0.25) is 0 Å². The first kappa shape index (κ1) is 18.4. The van der Waals surface area contributed by atoms with Crippen LogP contribution in [-0.2, 0) is 11.2 Å². The number of fused-ring (bicyclic) bond motifs is 3. The Morgan fingerprint density at radius 2 is 2.00 bits per heavy atom. The molecule has 2 aromatic carbocycles. The number of rotatable bonds is 6. The Balaban J connectivity index is 1.49. The first-order valence-electron chi connectivity index (χ1n) is 9.03. The number of aromatic nitrogens is 2. The highest BCUT2D eigenvalue weighted by Crippen LogP contribution is 2.29. The van der Waals surface area contributed by atoms with Gasteiger partial charge in [-0.25, -0.2) is 0 Å². The number of hydrogen-bond acceptors (Lipinski definition) is 5. The maximum atomic E-state index is 12.4. The van der Waals surface area contributed by atoms with Gasteiger partial charge in [-0.3, -0.25) is 19.9 Å². The van der Waals surface area contributed by atoms with Gasteiger partial charge >= 0.3 is 0 Å². The van der Waals surface area contributed by atoms with Gasteiger partial charge in [-0.15, -0.1) is 0 Å². The van der Waals surface area contributed by atoms with Crippen LogP contribution in [0, 0.1) is 10.1 Å². The van der Waals surface area contributed by atoms with Crippen molar-refractivity contribution in [3.8, 4) is 5.75 Å². The second-order valence-corrected chi connectivity index (χ2v) is 6.58. The first-order valence-corrected chi connectivity index (χ1v) is 9.03. The largest absolute Gasteiger partial charge is 0.495 e. The molecule has 0 unspecified atom stereocenters. The molecule has 0 atom stereocenters. The van der Waals surface area contributed by atoms with Gasteiger partial charge in [0.05, 0.1) is 29.4 Å². The van der Waals surface area contributed by atoms with Crippen LogP contribution >= 0.6 is 0 Å². The Morgan fingerprint density at radius 3 is 2.79 bits per heavy atom. The highest BCUT2D eigenvalue weighted by atomic mass is 16.6. The van der Waals surface area contributed by atoms with E-state index >= 15 is 0 Å². The van der Waals surface area contributed by atoms with Gasteiger partial charge in [-0.2, -0.15) is 0 Å². The molecule has 2 N–H and O–H groups in total. The summed E-state index contributed by atoms with van der Waals surface area (Å²) in [6, 6.07) is 14.1. The molecule has 4 rings (SSSR count). The number of H-pyrrole nitrogens is 1. The molecule has 146 valence electrons. The van der Waals surface area contributed by atoms with Gasteiger partial charge in [0.15, 0.2) is 0 Å². The number of aryl methyl sites for hydroxylation is 1. The summed E-state index contributed by atoms with van der Waals surface area (Å²) in [5.41, 5.74) is 2.93. The number of hydrogen-bond donors (Lipinski definition) is 2. The van der Waals surface area contributed by atoms with Crippen LogP contribution < -0.4 is 10.1 Å². The second-order valence-electron chi connectivity index (χ2n) is 6.58. The number of benzene rings is 2. The van der Waals surface area contributed by atoms with Crippen molar-refractivity contribution >= 4 is 39.1 Å². The van der Waals surface area contributed by atoms with E-state index in [2.05, 4.69) is 15.3 Å². The number of methoxy groups -OCH3 is 1. The molecule has 0 saturated heterocycles. The summed E-state index contributed by atoms with van der Waals surface area (Å²) < 4.78 is 5.17. The quantitative estimate of drug-likeness (QED) is 0.379. The third-order valence-corrected chi connectivity index (χ3v) is 4.72. The standard InChI is InChI=1S/C21H18N4O4/c1-29-20-8-7-14(25(27)28)11-18(20)24-21(26)9-6-13-10-16-15-4-2-3-5-17(15)23-19(16)12-22-13/h2-5,7-8,10-12,23H,6,9H2,1H3,(H,24,26). The van der Waals surface area contributed by atoms with Gasteiger partial charge < -0.3 is 15.0 Å². The maximum absolute atomic E-state index is 12.4. The number of nitrogens with one attached hydrogen (secondary N) is 2. The number of amides is 1. The van der Waals surface area contributed by atoms with Crippen molar-refractivity contribution in [2.24, 2.45) is 0 Å². The van der Waals surface area contributed by atoms with E-state index in [4.69, 9.17) is 4.74 Å². The minimum atomic E-state index is -0.518. The normalized spacial score (nSPS) is 10.9. The SMILES string of the molecule is COc1ccc([N+](=O)[O-])cc1NC(=O)CCc1cc2c(cn1)[nH]c1ccccc12. The van der Waals surface area contributed by atoms with Crippen LogP contribution in [0.1, 0.15) is 12.1 Å². The Bertz CT molecular complexity index is 1230. The molecule has 0 bridgehead atoms. The number of para-hydroxylation sites is 1. The Morgan fingerprint density at radius 1 is 1.17 bits per heavy atom. The lowest BCUT2D eigenvalue weighted by Crippen LogP contribution is -2.13. The zero-order valence-electron chi connectivity index (χ0n) is 15.6. The van der Waals surface area contributed by atoms with Crippen molar-refractivity contribution in [3.63, 3.8) is 0 Å². The van der Waals surface area contributed by atoms with Crippen molar-refractivity contribution in [2.75, 3.05) is 12.4 Å². The lowest BCUT2D eigenvalue weighted by Gasteiger charge is -2.10. The van der Waals surface area contributed by atoms with Crippen LogP contribution in [0.25, 0.3) is 21.8 Å². The number of nitro benzene ring substituents is 1. The molecule has 2 heterocycles. The Labute approximate surface area is 165 Å². The first-order chi connectivity index (χ1) is 14.0. The molecule has 0 aliphatic rings. The van der Waals surface area contributed by atoms with Gasteiger partial charge in [-0.1, -0.05) is 18.2 Å². The maximum Gasteiger partial charge on any atom is 0.271 e. The van der Waals surface area contributed by atoms with Crippen molar-refractivity contribution in [3.05, 3.63) is 70.5 Å². The van der Waals surface area contributed by atoms with Crippen molar-refractivity contribution in [1.82, 2.24) is 9.97 Å². The molecule has 0 aliphatic carbocycles. The van der Waals surface area contributed by atoms with Crippen LogP contribution in [0.4, 0.5) is 11.4 Å². The highest BCUT2D eigenvalue weighted by molar-refractivity contribution is 6.07. The zero-order valence-corrected chi connectivity index (χ0v) is 15.6. The fourth-order valence-corrected chi connectivity index (χ4v) is 3.29. The number of ether oxygens (including phenoxy) is 1. The van der Waals surface area contributed by atoms with E-state index < -0.39 is 4.92 Å². The third kappa shape index (κ3) is 3.73. The summed E-state index contributed by atoms with van der Waals surface area (Å²) in [5, 5.41) is 15.8. The minimum absolute atomic E-state index is 0.118. The summed E-state index contributed by atoms with van der Waals surface area (Å²) in [6.45, 7) is 0. The summed E-state index contributed by atoms with van der Waals surface area (Å²) in [6.07, 6.45) is 2.40. The van der Waals surface area contributed by atoms with E-state index in [0.717, 1.165) is 27.5 Å². The zero-order chi connectivity index (χ0) is 20.4. The van der Waals surface area contributed by atoms with Crippen molar-refractivity contribution < 1.29 is 14.5 Å². The molecule has 8 nitrogen and oxygen atoms in total. The van der Waals surface area contributed by atoms with E-state index in [-0.39, 0.29) is 23.7 Å². The molecule has 0 saturated carbocycles. The summed E-state index contributed by atoms with van der Waals surface area (Å²) in [4.78, 5) is 30.6. The molecule has 29 heavy (non-hydrogen) atoms.